The minimum atomic E-state index is 0.00861. The van der Waals surface area contributed by atoms with Gasteiger partial charge < -0.3 is 5.32 Å². The summed E-state index contributed by atoms with van der Waals surface area (Å²) >= 11 is 0. The Labute approximate surface area is 77.2 Å². The molecule has 0 unspecified atom stereocenters. The summed E-state index contributed by atoms with van der Waals surface area (Å²) in [5.74, 6) is 0.736. The molecule has 68 valence electrons. The van der Waals surface area contributed by atoms with Crippen molar-refractivity contribution in [3.8, 4) is 0 Å². The van der Waals surface area contributed by atoms with E-state index in [1.165, 1.54) is 12.8 Å². The maximum Gasteiger partial charge on any atom is 0.251 e. The van der Waals surface area contributed by atoms with Gasteiger partial charge in [-0.2, -0.15) is 0 Å². The zero-order valence-electron chi connectivity index (χ0n) is 7.36. The molecule has 13 heavy (non-hydrogen) atoms. The van der Waals surface area contributed by atoms with E-state index in [1.807, 2.05) is 0 Å². The highest BCUT2D eigenvalue weighted by atomic mass is 16.1. The van der Waals surface area contributed by atoms with Crippen LogP contribution < -0.4 is 5.32 Å². The maximum atomic E-state index is 11.4. The van der Waals surface area contributed by atoms with Gasteiger partial charge >= 0.3 is 0 Å². The summed E-state index contributed by atoms with van der Waals surface area (Å²) in [5, 5.41) is 2.89. The molecule has 0 atom stereocenters. The van der Waals surface area contributed by atoms with Crippen molar-refractivity contribution in [2.24, 2.45) is 5.92 Å². The second kappa shape index (κ2) is 3.56. The van der Waals surface area contributed by atoms with Crippen LogP contribution in [0.4, 0.5) is 0 Å². The third kappa shape index (κ3) is 2.28. The van der Waals surface area contributed by atoms with Gasteiger partial charge in [-0.15, -0.1) is 0 Å². The first kappa shape index (κ1) is 8.23. The van der Waals surface area contributed by atoms with Crippen LogP contribution in [0.5, 0.6) is 0 Å². The smallest absolute Gasteiger partial charge is 0.251 e. The lowest BCUT2D eigenvalue weighted by Gasteiger charge is -2.02. The summed E-state index contributed by atoms with van der Waals surface area (Å²) in [6, 6.07) is 3.45. The fourth-order valence-electron chi connectivity index (χ4n) is 1.16. The molecule has 1 N–H and O–H groups in total. The number of amides is 1. The summed E-state index contributed by atoms with van der Waals surface area (Å²) < 4.78 is 0. The molecule has 3 nitrogen and oxygen atoms in total. The summed E-state index contributed by atoms with van der Waals surface area (Å²) in [5.41, 5.74) is 0.690. The summed E-state index contributed by atoms with van der Waals surface area (Å²) in [6.07, 6.45) is 5.78. The van der Waals surface area contributed by atoms with E-state index in [1.54, 1.807) is 24.5 Å². The van der Waals surface area contributed by atoms with Crippen LogP contribution in [0.1, 0.15) is 23.2 Å². The van der Waals surface area contributed by atoms with E-state index >= 15 is 0 Å². The van der Waals surface area contributed by atoms with Crippen LogP contribution in [0.3, 0.4) is 0 Å². The lowest BCUT2D eigenvalue weighted by Crippen LogP contribution is -2.25. The molecule has 1 aromatic heterocycles. The highest BCUT2D eigenvalue weighted by molar-refractivity contribution is 5.93. The number of carbonyl (C=O) groups excluding carboxylic acids is 1. The molecule has 1 aromatic rings. The number of pyridine rings is 1. The molecule has 1 aliphatic carbocycles. The predicted molar refractivity (Wildman–Crippen MR) is 49.3 cm³/mol. The van der Waals surface area contributed by atoms with Crippen molar-refractivity contribution in [1.82, 2.24) is 10.3 Å². The molecular weight excluding hydrogens is 164 g/mol. The normalized spacial score (nSPS) is 15.4. The summed E-state index contributed by atoms with van der Waals surface area (Å²) in [7, 11) is 0. The molecule has 0 aromatic carbocycles. The zero-order valence-corrected chi connectivity index (χ0v) is 7.36. The minimum absolute atomic E-state index is 0.00861. The molecule has 1 amide bonds. The SMILES string of the molecule is O=C(NCC1CC1)c1ccncc1. The van der Waals surface area contributed by atoms with Crippen LogP contribution in [-0.2, 0) is 0 Å². The van der Waals surface area contributed by atoms with E-state index < -0.39 is 0 Å². The van der Waals surface area contributed by atoms with E-state index in [2.05, 4.69) is 10.3 Å². The lowest BCUT2D eigenvalue weighted by molar-refractivity contribution is 0.0951. The van der Waals surface area contributed by atoms with Crippen LogP contribution in [-0.4, -0.2) is 17.4 Å². The van der Waals surface area contributed by atoms with Crippen LogP contribution in [0.15, 0.2) is 24.5 Å². The zero-order chi connectivity index (χ0) is 9.10. The van der Waals surface area contributed by atoms with Crippen molar-refractivity contribution in [1.29, 1.82) is 0 Å². The fourth-order valence-corrected chi connectivity index (χ4v) is 1.16. The first-order valence-corrected chi connectivity index (χ1v) is 4.54. The van der Waals surface area contributed by atoms with Gasteiger partial charge in [0, 0.05) is 24.5 Å². The Hall–Kier alpha value is -1.38. The van der Waals surface area contributed by atoms with E-state index in [9.17, 15) is 4.79 Å². The largest absolute Gasteiger partial charge is 0.352 e. The Morgan fingerprint density at radius 1 is 1.46 bits per heavy atom. The lowest BCUT2D eigenvalue weighted by atomic mass is 10.2. The van der Waals surface area contributed by atoms with Crippen molar-refractivity contribution < 1.29 is 4.79 Å². The van der Waals surface area contributed by atoms with Gasteiger partial charge in [0.25, 0.3) is 5.91 Å². The second-order valence-corrected chi connectivity index (χ2v) is 3.39. The third-order valence-corrected chi connectivity index (χ3v) is 2.19. The first-order chi connectivity index (χ1) is 6.36. The standard InChI is InChI=1S/C10H12N2O/c13-10(12-7-8-1-2-8)9-3-5-11-6-4-9/h3-6,8H,1-2,7H2,(H,12,13). The van der Waals surface area contributed by atoms with Crippen LogP contribution in [0.2, 0.25) is 0 Å². The van der Waals surface area contributed by atoms with E-state index in [4.69, 9.17) is 0 Å². The number of nitrogens with zero attached hydrogens (tertiary/aromatic N) is 1. The molecule has 3 heteroatoms. The number of hydrogen-bond acceptors (Lipinski definition) is 2. The maximum absolute atomic E-state index is 11.4. The van der Waals surface area contributed by atoms with Gasteiger partial charge in [-0.3, -0.25) is 9.78 Å². The third-order valence-electron chi connectivity index (χ3n) is 2.19. The van der Waals surface area contributed by atoms with Crippen molar-refractivity contribution in [2.75, 3.05) is 6.54 Å². The van der Waals surface area contributed by atoms with Crippen molar-refractivity contribution in [3.63, 3.8) is 0 Å². The van der Waals surface area contributed by atoms with Gasteiger partial charge in [0.15, 0.2) is 0 Å². The van der Waals surface area contributed by atoms with E-state index in [-0.39, 0.29) is 5.91 Å². The molecule has 1 saturated carbocycles. The number of hydrogen-bond donors (Lipinski definition) is 1. The number of carbonyl (C=O) groups is 1. The van der Waals surface area contributed by atoms with Crippen molar-refractivity contribution >= 4 is 5.91 Å². The van der Waals surface area contributed by atoms with E-state index in [0.717, 1.165) is 12.5 Å². The molecule has 1 fully saturated rings. The Morgan fingerprint density at radius 3 is 2.77 bits per heavy atom. The molecule has 0 radical (unpaired) electrons. The molecule has 2 rings (SSSR count). The van der Waals surface area contributed by atoms with Crippen LogP contribution in [0.25, 0.3) is 0 Å². The molecule has 1 heterocycles. The highest BCUT2D eigenvalue weighted by Crippen LogP contribution is 2.27. The van der Waals surface area contributed by atoms with E-state index in [0.29, 0.717) is 5.56 Å². The molecule has 0 spiro atoms. The van der Waals surface area contributed by atoms with Crippen molar-refractivity contribution in [2.45, 2.75) is 12.8 Å². The summed E-state index contributed by atoms with van der Waals surface area (Å²) in [6.45, 7) is 0.821. The molecule has 0 bridgehead atoms. The number of nitrogens with one attached hydrogen (secondary N) is 1. The monoisotopic (exact) mass is 176 g/mol. The van der Waals surface area contributed by atoms with Gasteiger partial charge in [-0.25, -0.2) is 0 Å². The summed E-state index contributed by atoms with van der Waals surface area (Å²) in [4.78, 5) is 15.3. The quantitative estimate of drug-likeness (QED) is 0.752. The fraction of sp³-hybridized carbons (Fsp3) is 0.400. The van der Waals surface area contributed by atoms with Gasteiger partial charge in [0.05, 0.1) is 0 Å². The van der Waals surface area contributed by atoms with Gasteiger partial charge in [0.1, 0.15) is 0 Å². The van der Waals surface area contributed by atoms with Gasteiger partial charge in [-0.05, 0) is 30.9 Å². The Balaban J connectivity index is 1.89. The number of aromatic nitrogens is 1. The first-order valence-electron chi connectivity index (χ1n) is 4.54. The van der Waals surface area contributed by atoms with Gasteiger partial charge in [0.2, 0.25) is 0 Å². The molecular formula is C10H12N2O. The number of rotatable bonds is 3. The topological polar surface area (TPSA) is 42.0 Å². The predicted octanol–water partition coefficient (Wildman–Crippen LogP) is 1.22. The van der Waals surface area contributed by atoms with Gasteiger partial charge in [-0.1, -0.05) is 0 Å². The average Bonchev–Trinajstić information content (AvgIpc) is 2.99. The second-order valence-electron chi connectivity index (χ2n) is 3.39. The molecule has 0 saturated heterocycles. The molecule has 1 aliphatic rings. The highest BCUT2D eigenvalue weighted by Gasteiger charge is 2.21. The average molecular weight is 176 g/mol. The molecule has 0 aliphatic heterocycles. The minimum Gasteiger partial charge on any atom is -0.352 e. The van der Waals surface area contributed by atoms with Crippen LogP contribution in [0, 0.1) is 5.92 Å². The van der Waals surface area contributed by atoms with Crippen molar-refractivity contribution in [3.05, 3.63) is 30.1 Å². The Bertz CT molecular complexity index is 293. The Kier molecular flexibility index (Phi) is 2.25. The van der Waals surface area contributed by atoms with Crippen LogP contribution >= 0.6 is 0 Å². The Morgan fingerprint density at radius 2 is 2.15 bits per heavy atom.